The van der Waals surface area contributed by atoms with Crippen LogP contribution in [0, 0.1) is 11.3 Å². The fraction of sp³-hybridized carbons (Fsp3) is 0.895. The largest absolute Gasteiger partial charge is 0.463 e. The molecule has 0 aromatic heterocycles. The molecule has 7 nitrogen and oxygen atoms in total. The van der Waals surface area contributed by atoms with Crippen molar-refractivity contribution in [3.8, 4) is 0 Å². The summed E-state index contributed by atoms with van der Waals surface area (Å²) in [5, 5.41) is 21.5. The minimum Gasteiger partial charge on any atom is -0.463 e. The molecular weight excluding hydrogens is 338 g/mol. The molecule has 1 heterocycles. The Morgan fingerprint density at radius 2 is 1.58 bits per heavy atom. The van der Waals surface area contributed by atoms with Crippen LogP contribution in [0.5, 0.6) is 0 Å². The molecule has 1 atom stereocenters. The molecule has 0 aliphatic carbocycles. The first-order valence-electron chi connectivity index (χ1n) is 9.24. The summed E-state index contributed by atoms with van der Waals surface area (Å²) in [6, 6.07) is 0. The molecule has 1 unspecified atom stereocenters. The van der Waals surface area contributed by atoms with E-state index in [0.29, 0.717) is 19.3 Å². The molecule has 1 aliphatic rings. The Labute approximate surface area is 156 Å². The number of hydrogen-bond acceptors (Lipinski definition) is 7. The molecule has 0 amide bonds. The summed E-state index contributed by atoms with van der Waals surface area (Å²) in [5.74, 6) is -1.15. The van der Waals surface area contributed by atoms with Gasteiger partial charge in [-0.15, -0.1) is 0 Å². The molecule has 1 aliphatic heterocycles. The van der Waals surface area contributed by atoms with E-state index in [2.05, 4.69) is 0 Å². The summed E-state index contributed by atoms with van der Waals surface area (Å²) in [6.45, 7) is 12.5. The highest BCUT2D eigenvalue weighted by Gasteiger charge is 2.47. The van der Waals surface area contributed by atoms with Gasteiger partial charge in [0.2, 0.25) is 0 Å². The minimum atomic E-state index is -1.06. The van der Waals surface area contributed by atoms with Crippen molar-refractivity contribution < 1.29 is 29.4 Å². The Hall–Kier alpha value is -1.18. The minimum absolute atomic E-state index is 0.207. The summed E-state index contributed by atoms with van der Waals surface area (Å²) in [7, 11) is 0. The standard InChI is InChI=1S/C19H35NO6/c1-8-17(2,3)16(23)26-12-14(21)11-25-15(22)13-9-18(4,5)20(24)19(6,7)10-13/h13-14,21,24H,8-12H2,1-7H3. The average molecular weight is 373 g/mol. The molecule has 26 heavy (non-hydrogen) atoms. The van der Waals surface area contributed by atoms with Gasteiger partial charge < -0.3 is 19.8 Å². The topological polar surface area (TPSA) is 96.3 Å². The van der Waals surface area contributed by atoms with Crippen LogP contribution in [0.3, 0.4) is 0 Å². The highest BCUT2D eigenvalue weighted by Crippen LogP contribution is 2.40. The molecule has 1 rings (SSSR count). The predicted octanol–water partition coefficient (Wildman–Crippen LogP) is 2.53. The van der Waals surface area contributed by atoms with Crippen LogP contribution >= 0.6 is 0 Å². The Morgan fingerprint density at radius 1 is 1.12 bits per heavy atom. The predicted molar refractivity (Wildman–Crippen MR) is 96.5 cm³/mol. The van der Waals surface area contributed by atoms with Crippen LogP contribution < -0.4 is 0 Å². The third-order valence-electron chi connectivity index (χ3n) is 5.23. The van der Waals surface area contributed by atoms with Gasteiger partial charge in [0.1, 0.15) is 19.3 Å². The molecule has 7 heteroatoms. The summed E-state index contributed by atoms with van der Waals surface area (Å²) in [4.78, 5) is 24.3. The fourth-order valence-electron chi connectivity index (χ4n) is 3.29. The van der Waals surface area contributed by atoms with Gasteiger partial charge in [-0.1, -0.05) is 6.92 Å². The van der Waals surface area contributed by atoms with Gasteiger partial charge in [-0.25, -0.2) is 0 Å². The number of nitrogens with zero attached hydrogens (tertiary/aromatic N) is 1. The third kappa shape index (κ3) is 5.66. The van der Waals surface area contributed by atoms with Crippen LogP contribution in [0.2, 0.25) is 0 Å². The van der Waals surface area contributed by atoms with Crippen molar-refractivity contribution in [2.75, 3.05) is 13.2 Å². The Bertz CT molecular complexity index is 496. The number of carbonyl (C=O) groups is 2. The van der Waals surface area contributed by atoms with Crippen molar-refractivity contribution in [3.63, 3.8) is 0 Å². The van der Waals surface area contributed by atoms with Crippen molar-refractivity contribution in [1.82, 2.24) is 5.06 Å². The zero-order chi connectivity index (χ0) is 20.3. The van der Waals surface area contributed by atoms with Crippen LogP contribution in [0.1, 0.15) is 67.7 Å². The number of hydroxylamine groups is 2. The number of piperidine rings is 1. The first kappa shape index (κ1) is 22.9. The van der Waals surface area contributed by atoms with Crippen molar-refractivity contribution in [1.29, 1.82) is 0 Å². The van der Waals surface area contributed by atoms with Crippen LogP contribution in [-0.4, -0.2) is 57.7 Å². The molecule has 0 saturated carbocycles. The first-order chi connectivity index (χ1) is 11.7. The summed E-state index contributed by atoms with van der Waals surface area (Å²) in [6.07, 6.45) is 0.490. The summed E-state index contributed by atoms with van der Waals surface area (Å²) in [5.41, 5.74) is -1.71. The van der Waals surface area contributed by atoms with Crippen molar-refractivity contribution in [2.45, 2.75) is 84.9 Å². The van der Waals surface area contributed by atoms with Crippen LogP contribution in [0.25, 0.3) is 0 Å². The van der Waals surface area contributed by atoms with Gasteiger partial charge in [0.05, 0.1) is 11.3 Å². The summed E-state index contributed by atoms with van der Waals surface area (Å²) >= 11 is 0. The van der Waals surface area contributed by atoms with Crippen LogP contribution in [-0.2, 0) is 19.1 Å². The lowest BCUT2D eigenvalue weighted by atomic mass is 9.75. The molecule has 152 valence electrons. The van der Waals surface area contributed by atoms with E-state index in [-0.39, 0.29) is 25.1 Å². The SMILES string of the molecule is CCC(C)(C)C(=O)OCC(O)COC(=O)C1CC(C)(C)N(O)C(C)(C)C1. The first-order valence-corrected chi connectivity index (χ1v) is 9.24. The number of hydrogen-bond donors (Lipinski definition) is 2. The maximum absolute atomic E-state index is 12.4. The molecule has 1 fully saturated rings. The Balaban J connectivity index is 2.50. The van der Waals surface area contributed by atoms with Gasteiger partial charge >= 0.3 is 11.9 Å². The number of aliphatic hydroxyl groups is 1. The monoisotopic (exact) mass is 373 g/mol. The molecule has 2 N–H and O–H groups in total. The molecule has 1 saturated heterocycles. The molecule has 0 aromatic rings. The van der Waals surface area contributed by atoms with Gasteiger partial charge in [-0.05, 0) is 60.8 Å². The lowest BCUT2D eigenvalue weighted by molar-refractivity contribution is -0.252. The third-order valence-corrected chi connectivity index (χ3v) is 5.23. The van der Waals surface area contributed by atoms with E-state index < -0.39 is 28.6 Å². The zero-order valence-electron chi connectivity index (χ0n) is 17.2. The molecule has 0 spiro atoms. The van der Waals surface area contributed by atoms with Gasteiger partial charge in [-0.2, -0.15) is 5.06 Å². The highest BCUT2D eigenvalue weighted by atomic mass is 16.6. The number of esters is 2. The van der Waals surface area contributed by atoms with Gasteiger partial charge in [0.25, 0.3) is 0 Å². The van der Waals surface area contributed by atoms with E-state index in [1.165, 1.54) is 5.06 Å². The molecule has 0 radical (unpaired) electrons. The van der Waals surface area contributed by atoms with Gasteiger partial charge in [-0.3, -0.25) is 9.59 Å². The van der Waals surface area contributed by atoms with Crippen molar-refractivity contribution in [2.24, 2.45) is 11.3 Å². The van der Waals surface area contributed by atoms with Crippen LogP contribution in [0.15, 0.2) is 0 Å². The van der Waals surface area contributed by atoms with Crippen molar-refractivity contribution >= 4 is 11.9 Å². The molecule has 0 bridgehead atoms. The summed E-state index contributed by atoms with van der Waals surface area (Å²) < 4.78 is 10.3. The quantitative estimate of drug-likeness (QED) is 0.662. The van der Waals surface area contributed by atoms with Gasteiger partial charge in [0.15, 0.2) is 0 Å². The van der Waals surface area contributed by atoms with Crippen molar-refractivity contribution in [3.05, 3.63) is 0 Å². The molecule has 0 aromatic carbocycles. The number of ether oxygens (including phenoxy) is 2. The maximum Gasteiger partial charge on any atom is 0.311 e. The van der Waals surface area contributed by atoms with E-state index in [1.54, 1.807) is 13.8 Å². The van der Waals surface area contributed by atoms with E-state index >= 15 is 0 Å². The lowest BCUT2D eigenvalue weighted by Gasteiger charge is -2.50. The number of rotatable bonds is 7. The normalized spacial score (nSPS) is 21.9. The average Bonchev–Trinajstić information content (AvgIpc) is 2.54. The molecular formula is C19H35NO6. The fourth-order valence-corrected chi connectivity index (χ4v) is 3.29. The van der Waals surface area contributed by atoms with Crippen LogP contribution in [0.4, 0.5) is 0 Å². The second-order valence-corrected chi connectivity index (χ2v) is 9.16. The Kier molecular flexibility index (Phi) is 7.24. The number of aliphatic hydroxyl groups excluding tert-OH is 1. The smallest absolute Gasteiger partial charge is 0.311 e. The van der Waals surface area contributed by atoms with Gasteiger partial charge in [0, 0.05) is 11.1 Å². The zero-order valence-corrected chi connectivity index (χ0v) is 17.2. The van der Waals surface area contributed by atoms with E-state index in [4.69, 9.17) is 9.47 Å². The van der Waals surface area contributed by atoms with E-state index in [1.807, 2.05) is 34.6 Å². The second kappa shape index (κ2) is 8.23. The maximum atomic E-state index is 12.4. The number of carbonyl (C=O) groups excluding carboxylic acids is 2. The lowest BCUT2D eigenvalue weighted by Crippen LogP contribution is -2.60. The van der Waals surface area contributed by atoms with E-state index in [9.17, 15) is 19.9 Å². The second-order valence-electron chi connectivity index (χ2n) is 9.16. The van der Waals surface area contributed by atoms with E-state index in [0.717, 1.165) is 0 Å². The Morgan fingerprint density at radius 3 is 2.04 bits per heavy atom. The highest BCUT2D eigenvalue weighted by molar-refractivity contribution is 5.75.